The summed E-state index contributed by atoms with van der Waals surface area (Å²) in [5.41, 5.74) is 2.05. The maximum absolute atomic E-state index is 12.7. The third-order valence-electron chi connectivity index (χ3n) is 5.31. The van der Waals surface area contributed by atoms with E-state index in [2.05, 4.69) is 14.9 Å². The van der Waals surface area contributed by atoms with E-state index in [1.54, 1.807) is 32.4 Å². The Morgan fingerprint density at radius 3 is 2.50 bits per heavy atom. The smallest absolute Gasteiger partial charge is 0.274 e. The summed E-state index contributed by atoms with van der Waals surface area (Å²) in [4.78, 5) is 36.5. The van der Waals surface area contributed by atoms with Crippen LogP contribution in [0, 0.1) is 0 Å². The van der Waals surface area contributed by atoms with Gasteiger partial charge in [-0.15, -0.1) is 0 Å². The van der Waals surface area contributed by atoms with Gasteiger partial charge in [0.2, 0.25) is 5.95 Å². The molecule has 3 aromatic rings. The third-order valence-corrected chi connectivity index (χ3v) is 5.31. The molecule has 28 heavy (non-hydrogen) atoms. The number of nitrogens with zero attached hydrogens (tertiary/aromatic N) is 4. The van der Waals surface area contributed by atoms with Crippen LogP contribution in [0.1, 0.15) is 36.0 Å². The van der Waals surface area contributed by atoms with Gasteiger partial charge >= 0.3 is 0 Å². The maximum atomic E-state index is 12.7. The van der Waals surface area contributed by atoms with Crippen LogP contribution in [0.25, 0.3) is 16.6 Å². The molecule has 0 saturated carbocycles. The van der Waals surface area contributed by atoms with E-state index in [0.29, 0.717) is 22.3 Å². The summed E-state index contributed by atoms with van der Waals surface area (Å²) in [7, 11) is 4.92. The van der Waals surface area contributed by atoms with Gasteiger partial charge in [0.25, 0.3) is 11.5 Å². The monoisotopic (exact) mass is 383 g/mol. The lowest BCUT2D eigenvalue weighted by Crippen LogP contribution is -2.27. The zero-order valence-electron chi connectivity index (χ0n) is 16.5. The van der Waals surface area contributed by atoms with Crippen LogP contribution >= 0.6 is 0 Å². The molecule has 0 spiro atoms. The molecule has 8 nitrogen and oxygen atoms in total. The molecule has 1 saturated heterocycles. The Balaban J connectivity index is 2.01. The normalized spacial score (nSPS) is 15.0. The lowest BCUT2D eigenvalue weighted by molar-refractivity contribution is 0.0824. The topological polar surface area (TPSA) is 82.9 Å². The number of carbonyl (C=O) groups is 1. The number of fused-ring (bicyclic) bond motifs is 3. The highest BCUT2D eigenvalue weighted by atomic mass is 16.5. The Labute approximate surface area is 162 Å². The summed E-state index contributed by atoms with van der Waals surface area (Å²) in [6, 6.07) is 3.49. The predicted octanol–water partition coefficient (Wildman–Crippen LogP) is 2.27. The summed E-state index contributed by atoms with van der Waals surface area (Å²) in [6.45, 7) is 1.82. The summed E-state index contributed by atoms with van der Waals surface area (Å²) >= 11 is 0. The van der Waals surface area contributed by atoms with Gasteiger partial charge in [-0.3, -0.25) is 14.0 Å². The first kappa shape index (κ1) is 18.3. The number of hydrogen-bond donors (Lipinski definition) is 1. The minimum absolute atomic E-state index is 0.158. The van der Waals surface area contributed by atoms with Crippen LogP contribution in [-0.2, 0) is 0 Å². The van der Waals surface area contributed by atoms with Gasteiger partial charge in [-0.05, 0) is 18.9 Å². The minimum atomic E-state index is -0.213. The standard InChI is InChI=1S/C20H25N5O3/c1-23(2)19(27)13-10-15-14(11-17(13)28-3)22-18(26)16-12-21-20(25(15)16)24-8-6-4-5-7-9-24/h10-12H,4-9H2,1-3H3,(H,22,26). The van der Waals surface area contributed by atoms with E-state index in [1.807, 2.05) is 4.40 Å². The van der Waals surface area contributed by atoms with E-state index < -0.39 is 0 Å². The average Bonchev–Trinajstić information content (AvgIpc) is 2.96. The van der Waals surface area contributed by atoms with Gasteiger partial charge < -0.3 is 19.5 Å². The molecule has 1 N–H and O–H groups in total. The molecule has 0 radical (unpaired) electrons. The molecule has 0 bridgehead atoms. The average molecular weight is 383 g/mol. The van der Waals surface area contributed by atoms with Crippen molar-refractivity contribution in [1.82, 2.24) is 19.3 Å². The first-order valence-electron chi connectivity index (χ1n) is 9.59. The number of aromatic amines is 1. The molecule has 1 fully saturated rings. The molecule has 1 amide bonds. The van der Waals surface area contributed by atoms with Gasteiger partial charge in [-0.25, -0.2) is 4.98 Å². The van der Waals surface area contributed by atoms with E-state index in [-0.39, 0.29) is 11.5 Å². The van der Waals surface area contributed by atoms with Crippen LogP contribution in [-0.4, -0.2) is 59.5 Å². The van der Waals surface area contributed by atoms with Crippen LogP contribution in [0.15, 0.2) is 23.1 Å². The first-order chi connectivity index (χ1) is 13.5. The fourth-order valence-electron chi connectivity index (χ4n) is 3.85. The Morgan fingerprint density at radius 1 is 1.14 bits per heavy atom. The number of benzene rings is 1. The van der Waals surface area contributed by atoms with Gasteiger partial charge in [0.1, 0.15) is 11.3 Å². The van der Waals surface area contributed by atoms with Crippen molar-refractivity contribution in [1.29, 1.82) is 0 Å². The highest BCUT2D eigenvalue weighted by Gasteiger charge is 2.21. The number of carbonyl (C=O) groups excluding carboxylic acids is 1. The Kier molecular flexibility index (Phi) is 4.70. The highest BCUT2D eigenvalue weighted by Crippen LogP contribution is 2.28. The molecule has 3 heterocycles. The molecule has 2 aromatic heterocycles. The third kappa shape index (κ3) is 2.98. The fourth-order valence-corrected chi connectivity index (χ4v) is 3.85. The largest absolute Gasteiger partial charge is 0.496 e. The number of anilines is 1. The van der Waals surface area contributed by atoms with E-state index in [0.717, 1.165) is 37.4 Å². The lowest BCUT2D eigenvalue weighted by Gasteiger charge is -2.21. The molecule has 0 unspecified atom stereocenters. The molecule has 1 aromatic carbocycles. The van der Waals surface area contributed by atoms with Gasteiger partial charge in [0.15, 0.2) is 0 Å². The van der Waals surface area contributed by atoms with Crippen molar-refractivity contribution in [3.05, 3.63) is 34.2 Å². The number of hydrogen-bond acceptors (Lipinski definition) is 5. The predicted molar refractivity (Wildman–Crippen MR) is 109 cm³/mol. The summed E-state index contributed by atoms with van der Waals surface area (Å²) < 4.78 is 7.28. The number of ether oxygens (including phenoxy) is 1. The van der Waals surface area contributed by atoms with E-state index in [1.165, 1.54) is 24.9 Å². The van der Waals surface area contributed by atoms with Crippen molar-refractivity contribution in [2.45, 2.75) is 25.7 Å². The number of amides is 1. The van der Waals surface area contributed by atoms with Crippen LogP contribution < -0.4 is 15.2 Å². The second-order valence-electron chi connectivity index (χ2n) is 7.40. The highest BCUT2D eigenvalue weighted by molar-refractivity contribution is 6.00. The molecular formula is C20H25N5O3. The van der Waals surface area contributed by atoms with Gasteiger partial charge in [0, 0.05) is 33.3 Å². The second-order valence-corrected chi connectivity index (χ2v) is 7.40. The SMILES string of the molecule is COc1cc2[nH]c(=O)c3cnc(N4CCCCCC4)n3c2cc1C(=O)N(C)C. The van der Waals surface area contributed by atoms with Gasteiger partial charge in [0.05, 0.1) is 29.9 Å². The van der Waals surface area contributed by atoms with Crippen LogP contribution in [0.5, 0.6) is 5.75 Å². The van der Waals surface area contributed by atoms with Crippen LogP contribution in [0.3, 0.4) is 0 Å². The Bertz CT molecular complexity index is 1090. The van der Waals surface area contributed by atoms with Crippen molar-refractivity contribution in [2.75, 3.05) is 39.2 Å². The van der Waals surface area contributed by atoms with Gasteiger partial charge in [-0.2, -0.15) is 0 Å². The number of methoxy groups -OCH3 is 1. The van der Waals surface area contributed by atoms with Crippen molar-refractivity contribution in [3.63, 3.8) is 0 Å². The first-order valence-corrected chi connectivity index (χ1v) is 9.59. The molecule has 1 aliphatic rings. The minimum Gasteiger partial charge on any atom is -0.496 e. The van der Waals surface area contributed by atoms with Gasteiger partial charge in [-0.1, -0.05) is 12.8 Å². The van der Waals surface area contributed by atoms with Crippen molar-refractivity contribution in [3.8, 4) is 5.75 Å². The molecule has 0 atom stereocenters. The molecule has 4 rings (SSSR count). The van der Waals surface area contributed by atoms with Crippen molar-refractivity contribution in [2.24, 2.45) is 0 Å². The second kappa shape index (κ2) is 7.18. The number of H-pyrrole nitrogens is 1. The van der Waals surface area contributed by atoms with E-state index >= 15 is 0 Å². The molecule has 0 aliphatic carbocycles. The number of nitrogens with one attached hydrogen (secondary N) is 1. The molecule has 1 aliphatic heterocycles. The lowest BCUT2D eigenvalue weighted by atomic mass is 10.1. The quantitative estimate of drug-likeness (QED) is 0.750. The van der Waals surface area contributed by atoms with Crippen molar-refractivity contribution < 1.29 is 9.53 Å². The summed E-state index contributed by atoms with van der Waals surface area (Å²) in [5.74, 6) is 1.02. The summed E-state index contributed by atoms with van der Waals surface area (Å²) in [6.07, 6.45) is 6.23. The summed E-state index contributed by atoms with van der Waals surface area (Å²) in [5, 5.41) is 0. The number of aromatic nitrogens is 3. The Morgan fingerprint density at radius 2 is 1.86 bits per heavy atom. The van der Waals surface area contributed by atoms with Crippen molar-refractivity contribution >= 4 is 28.4 Å². The molecule has 8 heteroatoms. The number of rotatable bonds is 3. The fraction of sp³-hybridized carbons (Fsp3) is 0.450. The zero-order valence-corrected chi connectivity index (χ0v) is 16.5. The molecular weight excluding hydrogens is 358 g/mol. The molecule has 148 valence electrons. The van der Waals surface area contributed by atoms with Crippen LogP contribution in [0.2, 0.25) is 0 Å². The van der Waals surface area contributed by atoms with E-state index in [4.69, 9.17) is 4.74 Å². The zero-order chi connectivity index (χ0) is 19.8. The van der Waals surface area contributed by atoms with E-state index in [9.17, 15) is 9.59 Å². The Hall–Kier alpha value is -3.03. The maximum Gasteiger partial charge on any atom is 0.274 e. The number of imidazole rings is 1. The van der Waals surface area contributed by atoms with Crippen LogP contribution in [0.4, 0.5) is 5.95 Å².